The molecule has 3 rings (SSSR count). The fourth-order valence-corrected chi connectivity index (χ4v) is 3.62. The van der Waals surface area contributed by atoms with Crippen LogP contribution in [0.25, 0.3) is 10.9 Å². The second-order valence-corrected chi connectivity index (χ2v) is 8.05. The minimum atomic E-state index is -0.316. The zero-order valence-electron chi connectivity index (χ0n) is 17.9. The van der Waals surface area contributed by atoms with Crippen molar-refractivity contribution in [3.8, 4) is 0 Å². The van der Waals surface area contributed by atoms with Crippen molar-refractivity contribution in [3.63, 3.8) is 0 Å². The van der Waals surface area contributed by atoms with Gasteiger partial charge < -0.3 is 14.2 Å². The van der Waals surface area contributed by atoms with Crippen LogP contribution in [0.15, 0.2) is 42.5 Å². The van der Waals surface area contributed by atoms with Gasteiger partial charge >= 0.3 is 5.97 Å². The third-order valence-corrected chi connectivity index (χ3v) is 5.47. The molecule has 0 aliphatic rings. The fraction of sp³-hybridized carbons (Fsp3) is 0.333. The lowest BCUT2D eigenvalue weighted by atomic mass is 9.99. The minimum Gasteiger partial charge on any atom is -0.463 e. The Morgan fingerprint density at radius 3 is 2.43 bits per heavy atom. The first-order valence-corrected chi connectivity index (χ1v) is 10.4. The molecule has 0 N–H and O–H groups in total. The summed E-state index contributed by atoms with van der Waals surface area (Å²) in [4.78, 5) is 27.7. The summed E-state index contributed by atoms with van der Waals surface area (Å²) in [6.07, 6.45) is 0.869. The van der Waals surface area contributed by atoms with Gasteiger partial charge in [0.2, 0.25) is 0 Å². The first-order chi connectivity index (χ1) is 14.3. The van der Waals surface area contributed by atoms with E-state index < -0.39 is 0 Å². The number of benzene rings is 2. The maximum Gasteiger partial charge on any atom is 0.326 e. The Kier molecular flexibility index (Phi) is 6.95. The Balaban J connectivity index is 2.01. The van der Waals surface area contributed by atoms with Gasteiger partial charge in [-0.05, 0) is 63.3 Å². The minimum absolute atomic E-state index is 0.0663. The molecule has 0 saturated carbocycles. The second-order valence-electron chi connectivity index (χ2n) is 7.61. The smallest absolute Gasteiger partial charge is 0.326 e. The molecular weight excluding hydrogens is 400 g/mol. The number of ether oxygens (including phenoxy) is 1. The number of aromatic nitrogens is 1. The van der Waals surface area contributed by atoms with Crippen molar-refractivity contribution in [2.75, 3.05) is 27.2 Å². The average Bonchev–Trinajstić information content (AvgIpc) is 2.98. The zero-order chi connectivity index (χ0) is 21.8. The largest absolute Gasteiger partial charge is 0.463 e. The number of halogens is 1. The summed E-state index contributed by atoms with van der Waals surface area (Å²) in [6.45, 7) is 5.02. The van der Waals surface area contributed by atoms with Crippen molar-refractivity contribution in [1.82, 2.24) is 9.47 Å². The molecule has 0 spiro atoms. The number of aryl methyl sites for hydroxylation is 1. The van der Waals surface area contributed by atoms with Crippen molar-refractivity contribution in [3.05, 3.63) is 69.9 Å². The Labute approximate surface area is 182 Å². The van der Waals surface area contributed by atoms with Crippen molar-refractivity contribution >= 4 is 34.3 Å². The van der Waals surface area contributed by atoms with Gasteiger partial charge in [-0.3, -0.25) is 9.59 Å². The summed E-state index contributed by atoms with van der Waals surface area (Å²) in [5.41, 5.74) is 3.94. The molecule has 0 radical (unpaired) electrons. The summed E-state index contributed by atoms with van der Waals surface area (Å²) in [5.74, 6) is -0.401. The van der Waals surface area contributed by atoms with E-state index in [1.54, 1.807) is 24.3 Å². The second kappa shape index (κ2) is 9.45. The van der Waals surface area contributed by atoms with E-state index in [4.69, 9.17) is 16.3 Å². The van der Waals surface area contributed by atoms with Gasteiger partial charge in [0, 0.05) is 33.7 Å². The van der Waals surface area contributed by atoms with Crippen molar-refractivity contribution in [2.24, 2.45) is 0 Å². The predicted octanol–water partition coefficient (Wildman–Crippen LogP) is 4.50. The van der Waals surface area contributed by atoms with E-state index >= 15 is 0 Å². The lowest BCUT2D eigenvalue weighted by Crippen LogP contribution is -2.22. The summed E-state index contributed by atoms with van der Waals surface area (Å²) < 4.78 is 7.27. The van der Waals surface area contributed by atoms with Crippen molar-refractivity contribution < 1.29 is 14.3 Å². The number of hydrogen-bond donors (Lipinski definition) is 0. The molecule has 0 amide bonds. The Morgan fingerprint density at radius 2 is 1.80 bits per heavy atom. The first kappa shape index (κ1) is 22.1. The third kappa shape index (κ3) is 4.74. The van der Waals surface area contributed by atoms with Gasteiger partial charge in [0.15, 0.2) is 5.78 Å². The molecule has 0 aliphatic heterocycles. The molecule has 3 aromatic rings. The van der Waals surface area contributed by atoms with Crippen LogP contribution in [0.4, 0.5) is 0 Å². The lowest BCUT2D eigenvalue weighted by molar-refractivity contribution is -0.144. The van der Waals surface area contributed by atoms with Crippen molar-refractivity contribution in [2.45, 2.75) is 26.8 Å². The van der Waals surface area contributed by atoms with Gasteiger partial charge in [-0.15, -0.1) is 0 Å². The SMILES string of the molecule is CCc1ccc2c(C(=O)c3ccc(Cl)cc3)c(C)n(CC(=O)OCCN(C)C)c2c1. The standard InChI is InChI=1S/C24H27ClN2O3/c1-5-17-6-11-20-21(14-17)27(15-22(28)30-13-12-26(3)4)16(2)23(20)24(29)18-7-9-19(25)10-8-18/h6-11,14H,5,12-13,15H2,1-4H3. The molecule has 6 heteroatoms. The summed E-state index contributed by atoms with van der Waals surface area (Å²) in [6, 6.07) is 12.9. The van der Waals surface area contributed by atoms with Gasteiger partial charge in [0.05, 0.1) is 5.56 Å². The van der Waals surface area contributed by atoms with Gasteiger partial charge in [-0.2, -0.15) is 0 Å². The Bertz CT molecular complexity index is 1070. The molecule has 0 unspecified atom stereocenters. The number of rotatable bonds is 8. The molecular formula is C24H27ClN2O3. The van der Waals surface area contributed by atoms with E-state index in [2.05, 4.69) is 6.92 Å². The van der Waals surface area contributed by atoms with Gasteiger partial charge in [0.1, 0.15) is 13.2 Å². The van der Waals surface area contributed by atoms with E-state index in [1.807, 2.05) is 48.7 Å². The number of carbonyl (C=O) groups is 2. The monoisotopic (exact) mass is 426 g/mol. The van der Waals surface area contributed by atoms with Crippen LogP contribution < -0.4 is 0 Å². The fourth-order valence-electron chi connectivity index (χ4n) is 3.50. The first-order valence-electron chi connectivity index (χ1n) is 10.0. The molecule has 0 bridgehead atoms. The number of fused-ring (bicyclic) bond motifs is 1. The highest BCUT2D eigenvalue weighted by Crippen LogP contribution is 2.29. The van der Waals surface area contributed by atoms with Crippen LogP contribution >= 0.6 is 11.6 Å². The highest BCUT2D eigenvalue weighted by molar-refractivity contribution is 6.30. The molecule has 5 nitrogen and oxygen atoms in total. The Hall–Kier alpha value is -2.63. The number of ketones is 1. The molecule has 1 aromatic heterocycles. The van der Waals surface area contributed by atoms with Crippen LogP contribution in [0, 0.1) is 6.92 Å². The normalized spacial score (nSPS) is 11.3. The number of likely N-dealkylation sites (N-methyl/N-ethyl adjacent to an activating group) is 1. The van der Waals surface area contributed by atoms with E-state index in [-0.39, 0.29) is 18.3 Å². The molecule has 158 valence electrons. The van der Waals surface area contributed by atoms with Gasteiger partial charge in [0.25, 0.3) is 0 Å². The van der Waals surface area contributed by atoms with Crippen LogP contribution in [-0.4, -0.2) is 48.5 Å². The zero-order valence-corrected chi connectivity index (χ0v) is 18.6. The van der Waals surface area contributed by atoms with Crippen LogP contribution in [0.3, 0.4) is 0 Å². The van der Waals surface area contributed by atoms with E-state index in [0.29, 0.717) is 29.3 Å². The highest BCUT2D eigenvalue weighted by Gasteiger charge is 2.22. The molecule has 1 heterocycles. The Morgan fingerprint density at radius 1 is 1.10 bits per heavy atom. The van der Waals surface area contributed by atoms with Crippen LogP contribution in [0.5, 0.6) is 0 Å². The quantitative estimate of drug-likeness (QED) is 0.393. The summed E-state index contributed by atoms with van der Waals surface area (Å²) in [7, 11) is 3.86. The predicted molar refractivity (Wildman–Crippen MR) is 120 cm³/mol. The molecule has 30 heavy (non-hydrogen) atoms. The van der Waals surface area contributed by atoms with E-state index in [0.717, 1.165) is 28.6 Å². The summed E-state index contributed by atoms with van der Waals surface area (Å²) >= 11 is 5.97. The van der Waals surface area contributed by atoms with Crippen LogP contribution in [0.1, 0.15) is 34.1 Å². The topological polar surface area (TPSA) is 51.5 Å². The van der Waals surface area contributed by atoms with E-state index in [1.165, 1.54) is 0 Å². The average molecular weight is 427 g/mol. The third-order valence-electron chi connectivity index (χ3n) is 5.22. The van der Waals surface area contributed by atoms with Crippen molar-refractivity contribution in [1.29, 1.82) is 0 Å². The lowest BCUT2D eigenvalue weighted by Gasteiger charge is -2.12. The number of hydrogen-bond acceptors (Lipinski definition) is 4. The number of esters is 1. The molecule has 0 atom stereocenters. The van der Waals surface area contributed by atoms with Gasteiger partial charge in [-0.1, -0.05) is 30.7 Å². The maximum atomic E-state index is 13.3. The number of carbonyl (C=O) groups excluding carboxylic acids is 2. The summed E-state index contributed by atoms with van der Waals surface area (Å²) in [5, 5.41) is 1.42. The van der Waals surface area contributed by atoms with E-state index in [9.17, 15) is 9.59 Å². The molecule has 0 aliphatic carbocycles. The number of nitrogens with zero attached hydrogens (tertiary/aromatic N) is 2. The van der Waals surface area contributed by atoms with Gasteiger partial charge in [-0.25, -0.2) is 0 Å². The molecule has 0 fully saturated rings. The van der Waals surface area contributed by atoms with Crippen LogP contribution in [0.2, 0.25) is 5.02 Å². The molecule has 0 saturated heterocycles. The molecule has 2 aromatic carbocycles. The highest BCUT2D eigenvalue weighted by atomic mass is 35.5. The maximum absolute atomic E-state index is 13.3. The van der Waals surface area contributed by atoms with Crippen LogP contribution in [-0.2, 0) is 22.5 Å².